The number of rotatable bonds is 3. The number of carbonyl (C=O) groups excluding carboxylic acids is 1. The summed E-state index contributed by atoms with van der Waals surface area (Å²) in [6, 6.07) is 0. The van der Waals surface area contributed by atoms with E-state index in [4.69, 9.17) is 6.42 Å². The number of terminal acetylenes is 1. The van der Waals surface area contributed by atoms with Crippen LogP contribution in [-0.2, 0) is 13.8 Å². The van der Waals surface area contributed by atoms with Crippen molar-refractivity contribution in [1.29, 1.82) is 0 Å². The molecule has 0 amide bonds. The molecule has 14 heavy (non-hydrogen) atoms. The Morgan fingerprint density at radius 1 is 1.71 bits per heavy atom. The van der Waals surface area contributed by atoms with Crippen LogP contribution in [0, 0.1) is 12.3 Å². The van der Waals surface area contributed by atoms with Crippen molar-refractivity contribution >= 4 is 14.4 Å². The zero-order valence-electron chi connectivity index (χ0n) is 8.27. The smallest absolute Gasteiger partial charge is 0.558 e. The topological polar surface area (TPSA) is 75.7 Å². The molecule has 0 aromatic rings. The molecule has 0 radical (unpaired) electrons. The Labute approximate surface area is 95.3 Å². The molecule has 0 N–H and O–H groups in total. The van der Waals surface area contributed by atoms with E-state index in [1.165, 1.54) is 6.92 Å². The Morgan fingerprint density at radius 3 is 2.50 bits per heavy atom. The first kappa shape index (κ1) is 15.9. The molecule has 0 aromatic carbocycles. The second kappa shape index (κ2) is 6.87. The molecule has 0 aromatic heterocycles. The van der Waals surface area contributed by atoms with E-state index in [1.807, 2.05) is 0 Å². The standard InChI is InChI=1S/C7H9O5P.Li/c1-4-7(3,5-2)11-6(8)12-13(9)10;/h1H,5H2,2-3H3;/q;+1. The summed E-state index contributed by atoms with van der Waals surface area (Å²) in [5.74, 6) is 2.21. The van der Waals surface area contributed by atoms with Gasteiger partial charge in [-0.25, -0.2) is 0 Å². The number of ether oxygens (including phenoxy) is 1. The predicted octanol–water partition coefficient (Wildman–Crippen LogP) is -2.04. The Hall–Kier alpha value is -0.513. The summed E-state index contributed by atoms with van der Waals surface area (Å²) < 4.78 is 18.2. The average Bonchev–Trinajstić information content (AvgIpc) is 2.02. The van der Waals surface area contributed by atoms with Crippen molar-refractivity contribution in [2.45, 2.75) is 25.9 Å². The zero-order valence-corrected chi connectivity index (χ0v) is 9.17. The van der Waals surface area contributed by atoms with E-state index >= 15 is 0 Å². The molecule has 72 valence electrons. The van der Waals surface area contributed by atoms with E-state index in [-0.39, 0.29) is 18.9 Å². The van der Waals surface area contributed by atoms with E-state index in [0.717, 1.165) is 0 Å². The van der Waals surface area contributed by atoms with Crippen LogP contribution in [0.3, 0.4) is 0 Å². The molecule has 0 spiro atoms. The Bertz CT molecular complexity index is 261. The maximum atomic E-state index is 10.7. The molecule has 0 rings (SSSR count). The fraction of sp³-hybridized carbons (Fsp3) is 0.571. The Kier molecular flexibility index (Phi) is 7.82. The van der Waals surface area contributed by atoms with Gasteiger partial charge >= 0.3 is 33.3 Å². The molecule has 0 aliphatic carbocycles. The average molecular weight is 211 g/mol. The molecule has 0 saturated carbocycles. The van der Waals surface area contributed by atoms with Gasteiger partial charge in [0.05, 0.1) is 0 Å². The van der Waals surface area contributed by atoms with Gasteiger partial charge in [-0.2, -0.15) is 9.32 Å². The monoisotopic (exact) mass is 211 g/mol. The van der Waals surface area contributed by atoms with Gasteiger partial charge < -0.3 is 9.63 Å². The summed E-state index contributed by atoms with van der Waals surface area (Å²) in [6.45, 7) is 3.18. The molecule has 0 fully saturated rings. The van der Waals surface area contributed by atoms with Crippen LogP contribution < -0.4 is 23.8 Å². The summed E-state index contributed by atoms with van der Waals surface area (Å²) in [7, 11) is -3.25. The molecular formula is C7H9LiO5P+. The van der Waals surface area contributed by atoms with Crippen LogP contribution in [0.2, 0.25) is 0 Å². The van der Waals surface area contributed by atoms with E-state index in [9.17, 15) is 14.3 Å². The van der Waals surface area contributed by atoms with Gasteiger partial charge in [0.25, 0.3) is 0 Å². The van der Waals surface area contributed by atoms with Crippen molar-refractivity contribution < 1.29 is 42.4 Å². The summed E-state index contributed by atoms with van der Waals surface area (Å²) in [5, 5.41) is 0. The molecule has 0 bridgehead atoms. The van der Waals surface area contributed by atoms with Gasteiger partial charge in [-0.05, 0) is 17.9 Å². The van der Waals surface area contributed by atoms with Gasteiger partial charge in [-0.15, -0.1) is 6.42 Å². The van der Waals surface area contributed by atoms with Gasteiger partial charge in [0, 0.05) is 0 Å². The molecule has 0 saturated heterocycles. The molecule has 2 atom stereocenters. The summed E-state index contributed by atoms with van der Waals surface area (Å²) >= 11 is 0. The van der Waals surface area contributed by atoms with Gasteiger partial charge in [0.15, 0.2) is 5.60 Å². The quantitative estimate of drug-likeness (QED) is 0.233. The summed E-state index contributed by atoms with van der Waals surface area (Å²) in [6.07, 6.45) is 4.13. The van der Waals surface area contributed by atoms with Crippen molar-refractivity contribution in [2.75, 3.05) is 0 Å². The first-order valence-electron chi connectivity index (χ1n) is 3.46. The molecule has 7 heteroatoms. The SMILES string of the molecule is C#CC(C)(CC)OC(=O)O[P+](=O)[O-].[Li+]. The van der Waals surface area contributed by atoms with Crippen molar-refractivity contribution in [1.82, 2.24) is 0 Å². The molecule has 2 unspecified atom stereocenters. The third-order valence-electron chi connectivity index (χ3n) is 1.44. The Balaban J connectivity index is 0. The molecule has 0 heterocycles. The second-order valence-electron chi connectivity index (χ2n) is 2.40. The fourth-order valence-electron chi connectivity index (χ4n) is 0.467. The third kappa shape index (κ3) is 6.02. The van der Waals surface area contributed by atoms with Crippen LogP contribution in [0.15, 0.2) is 0 Å². The molecule has 0 aliphatic rings. The van der Waals surface area contributed by atoms with E-state index < -0.39 is 20.0 Å². The number of hydrogen-bond acceptors (Lipinski definition) is 5. The molecular weight excluding hydrogens is 202 g/mol. The maximum absolute atomic E-state index is 10.7. The minimum absolute atomic E-state index is 0. The first-order valence-corrected chi connectivity index (χ1v) is 4.56. The Morgan fingerprint density at radius 2 is 2.21 bits per heavy atom. The van der Waals surface area contributed by atoms with Crippen molar-refractivity contribution in [2.24, 2.45) is 0 Å². The van der Waals surface area contributed by atoms with Crippen LogP contribution in [0.4, 0.5) is 4.79 Å². The third-order valence-corrected chi connectivity index (χ3v) is 1.74. The van der Waals surface area contributed by atoms with Gasteiger partial charge in [-0.3, -0.25) is 0 Å². The van der Waals surface area contributed by atoms with E-state index in [2.05, 4.69) is 15.2 Å². The van der Waals surface area contributed by atoms with Crippen LogP contribution in [0.1, 0.15) is 20.3 Å². The second-order valence-corrected chi connectivity index (χ2v) is 3.03. The first-order chi connectivity index (χ1) is 5.93. The minimum Gasteiger partial charge on any atom is -0.558 e. The van der Waals surface area contributed by atoms with Gasteiger partial charge in [0.1, 0.15) is 0 Å². The number of hydrogen-bond donors (Lipinski definition) is 0. The molecule has 0 aliphatic heterocycles. The van der Waals surface area contributed by atoms with Crippen molar-refractivity contribution in [3.05, 3.63) is 0 Å². The maximum Gasteiger partial charge on any atom is 1.00 e. The van der Waals surface area contributed by atoms with E-state index in [0.29, 0.717) is 6.42 Å². The fourth-order valence-corrected chi connectivity index (χ4v) is 0.626. The minimum atomic E-state index is -3.25. The van der Waals surface area contributed by atoms with Crippen LogP contribution in [0.5, 0.6) is 0 Å². The van der Waals surface area contributed by atoms with Crippen LogP contribution in [-0.4, -0.2) is 11.8 Å². The van der Waals surface area contributed by atoms with Crippen molar-refractivity contribution in [3.63, 3.8) is 0 Å². The van der Waals surface area contributed by atoms with Crippen LogP contribution in [0.25, 0.3) is 0 Å². The largest absolute Gasteiger partial charge is 1.00 e. The van der Waals surface area contributed by atoms with Gasteiger partial charge in [-0.1, -0.05) is 12.8 Å². The molecule has 5 nitrogen and oxygen atoms in total. The normalized spacial score (nSPS) is 14.0. The number of carbonyl (C=O) groups is 1. The van der Waals surface area contributed by atoms with Gasteiger partial charge in [0.2, 0.25) is 0 Å². The summed E-state index contributed by atoms with van der Waals surface area (Å²) in [4.78, 5) is 20.6. The zero-order chi connectivity index (χ0) is 10.5. The predicted molar refractivity (Wildman–Crippen MR) is 42.7 cm³/mol. The van der Waals surface area contributed by atoms with Crippen LogP contribution >= 0.6 is 8.25 Å². The van der Waals surface area contributed by atoms with E-state index in [1.54, 1.807) is 6.92 Å². The van der Waals surface area contributed by atoms with Crippen molar-refractivity contribution in [3.8, 4) is 12.3 Å². The summed E-state index contributed by atoms with van der Waals surface area (Å²) in [5.41, 5.74) is -1.12.